The van der Waals surface area contributed by atoms with Crippen LogP contribution in [0, 0.1) is 0 Å². The quantitative estimate of drug-likeness (QED) is 0.300. The zero-order valence-corrected chi connectivity index (χ0v) is 10.6. The van der Waals surface area contributed by atoms with Gasteiger partial charge in [0.15, 0.2) is 4.34 Å². The molecule has 2 atom stereocenters. The number of aromatic nitrogens is 2. The summed E-state index contributed by atoms with van der Waals surface area (Å²) in [5.41, 5.74) is 7.57. The number of carbonyl (C=O) groups excluding carboxylic acids is 1. The number of ether oxygens (including phenoxy) is 1. The summed E-state index contributed by atoms with van der Waals surface area (Å²) in [6.07, 6.45) is 1.17. The van der Waals surface area contributed by atoms with Gasteiger partial charge in [-0.15, -0.1) is 10.2 Å². The standard InChI is InChI=1S/C8H13N5O2S2/c9-7-12-13-8(17-7)16-3-4-1-2-5(15-4)6(14)11-10/h4-5H,1-3,10H2,(H2,9,12)(H,11,14). The van der Waals surface area contributed by atoms with Gasteiger partial charge in [0.1, 0.15) is 6.10 Å². The van der Waals surface area contributed by atoms with Crippen LogP contribution >= 0.6 is 23.1 Å². The summed E-state index contributed by atoms with van der Waals surface area (Å²) < 4.78 is 6.37. The second-order valence-electron chi connectivity index (χ2n) is 3.55. The molecule has 1 fully saturated rings. The lowest BCUT2D eigenvalue weighted by atomic mass is 10.2. The van der Waals surface area contributed by atoms with E-state index in [0.717, 1.165) is 16.5 Å². The average Bonchev–Trinajstić information content (AvgIpc) is 2.94. The summed E-state index contributed by atoms with van der Waals surface area (Å²) in [5.74, 6) is 5.52. The van der Waals surface area contributed by atoms with E-state index in [1.54, 1.807) is 0 Å². The Morgan fingerprint density at radius 1 is 1.59 bits per heavy atom. The van der Waals surface area contributed by atoms with E-state index in [1.807, 2.05) is 0 Å². The highest BCUT2D eigenvalue weighted by Crippen LogP contribution is 2.28. The van der Waals surface area contributed by atoms with Gasteiger partial charge >= 0.3 is 0 Å². The van der Waals surface area contributed by atoms with E-state index in [9.17, 15) is 4.79 Å². The van der Waals surface area contributed by atoms with E-state index in [-0.39, 0.29) is 12.0 Å². The Balaban J connectivity index is 1.76. The molecule has 0 saturated carbocycles. The van der Waals surface area contributed by atoms with Crippen LogP contribution in [0.4, 0.5) is 5.13 Å². The van der Waals surface area contributed by atoms with Gasteiger partial charge in [0, 0.05) is 5.75 Å². The van der Waals surface area contributed by atoms with Gasteiger partial charge in [0.05, 0.1) is 6.10 Å². The molecule has 1 saturated heterocycles. The third kappa shape index (κ3) is 3.28. The van der Waals surface area contributed by atoms with Crippen molar-refractivity contribution >= 4 is 34.1 Å². The predicted octanol–water partition coefficient (Wildman–Crippen LogP) is -0.250. The molecule has 9 heteroatoms. The maximum Gasteiger partial charge on any atom is 0.263 e. The zero-order valence-electron chi connectivity index (χ0n) is 8.96. The minimum absolute atomic E-state index is 0.0485. The Morgan fingerprint density at radius 2 is 2.41 bits per heavy atom. The van der Waals surface area contributed by atoms with Crippen LogP contribution in [0.3, 0.4) is 0 Å². The lowest BCUT2D eigenvalue weighted by Gasteiger charge is -2.11. The molecule has 2 unspecified atom stereocenters. The van der Waals surface area contributed by atoms with Gasteiger partial charge in [0.2, 0.25) is 5.13 Å². The van der Waals surface area contributed by atoms with E-state index in [1.165, 1.54) is 23.1 Å². The van der Waals surface area contributed by atoms with Crippen LogP contribution in [0.25, 0.3) is 0 Å². The van der Waals surface area contributed by atoms with Crippen molar-refractivity contribution in [1.29, 1.82) is 0 Å². The number of nitrogens with zero attached hydrogens (tertiary/aromatic N) is 2. The van der Waals surface area contributed by atoms with Gasteiger partial charge in [-0.2, -0.15) is 0 Å². The molecule has 2 rings (SSSR count). The van der Waals surface area contributed by atoms with Crippen molar-refractivity contribution in [2.45, 2.75) is 29.4 Å². The van der Waals surface area contributed by atoms with Crippen LogP contribution in [0.15, 0.2) is 4.34 Å². The molecule has 1 aromatic rings. The Morgan fingerprint density at radius 3 is 3.06 bits per heavy atom. The number of nitrogen functional groups attached to an aromatic ring is 1. The largest absolute Gasteiger partial charge is 0.374 e. The fourth-order valence-corrected chi connectivity index (χ4v) is 3.27. The van der Waals surface area contributed by atoms with Gasteiger partial charge in [0.25, 0.3) is 5.91 Å². The van der Waals surface area contributed by atoms with Crippen molar-refractivity contribution in [1.82, 2.24) is 15.6 Å². The fourth-order valence-electron chi connectivity index (χ4n) is 1.56. The first-order chi connectivity index (χ1) is 8.19. The topological polar surface area (TPSA) is 116 Å². The number of anilines is 1. The number of hydrogen-bond acceptors (Lipinski definition) is 8. The first-order valence-corrected chi connectivity index (χ1v) is 6.87. The molecule has 0 radical (unpaired) electrons. The Kier molecular flexibility index (Phi) is 4.15. The minimum atomic E-state index is -0.426. The van der Waals surface area contributed by atoms with Crippen molar-refractivity contribution in [2.24, 2.45) is 5.84 Å². The van der Waals surface area contributed by atoms with Crippen LogP contribution in [-0.2, 0) is 9.53 Å². The Hall–Kier alpha value is -0.900. The molecule has 7 nitrogen and oxygen atoms in total. The molecule has 1 aliphatic rings. The van der Waals surface area contributed by atoms with Crippen LogP contribution in [0.1, 0.15) is 12.8 Å². The molecule has 1 aliphatic heterocycles. The van der Waals surface area contributed by atoms with Crippen molar-refractivity contribution in [3.8, 4) is 0 Å². The van der Waals surface area contributed by atoms with Gasteiger partial charge in [-0.05, 0) is 12.8 Å². The summed E-state index contributed by atoms with van der Waals surface area (Å²) >= 11 is 2.88. The van der Waals surface area contributed by atoms with Crippen LogP contribution in [0.5, 0.6) is 0 Å². The Labute approximate surface area is 106 Å². The molecule has 5 N–H and O–H groups in total. The second kappa shape index (κ2) is 5.63. The molecule has 2 heterocycles. The third-order valence-electron chi connectivity index (χ3n) is 2.36. The minimum Gasteiger partial charge on any atom is -0.374 e. The number of hydrogen-bond donors (Lipinski definition) is 3. The van der Waals surface area contributed by atoms with Gasteiger partial charge in [-0.3, -0.25) is 10.2 Å². The highest BCUT2D eigenvalue weighted by molar-refractivity contribution is 8.01. The van der Waals surface area contributed by atoms with Crippen molar-refractivity contribution in [3.05, 3.63) is 0 Å². The summed E-state index contributed by atoms with van der Waals surface area (Å²) in [6.45, 7) is 0. The number of carbonyl (C=O) groups is 1. The molecule has 1 aromatic heterocycles. The number of hydrazine groups is 1. The second-order valence-corrected chi connectivity index (χ2v) is 5.83. The first-order valence-electron chi connectivity index (χ1n) is 5.06. The van der Waals surface area contributed by atoms with E-state index in [2.05, 4.69) is 15.6 Å². The van der Waals surface area contributed by atoms with E-state index in [4.69, 9.17) is 16.3 Å². The number of amides is 1. The van der Waals surface area contributed by atoms with E-state index in [0.29, 0.717) is 11.6 Å². The maximum absolute atomic E-state index is 11.2. The molecule has 0 aromatic carbocycles. The normalized spacial score (nSPS) is 23.8. The van der Waals surface area contributed by atoms with Crippen molar-refractivity contribution in [3.63, 3.8) is 0 Å². The summed E-state index contributed by atoms with van der Waals surface area (Å²) in [5, 5.41) is 8.08. The molecule has 0 spiro atoms. The predicted molar refractivity (Wildman–Crippen MR) is 65.3 cm³/mol. The highest BCUT2D eigenvalue weighted by Gasteiger charge is 2.30. The molecular weight excluding hydrogens is 262 g/mol. The lowest BCUT2D eigenvalue weighted by molar-refractivity contribution is -0.131. The van der Waals surface area contributed by atoms with Crippen LogP contribution in [0.2, 0.25) is 0 Å². The number of rotatable bonds is 4. The number of nitrogens with one attached hydrogen (secondary N) is 1. The van der Waals surface area contributed by atoms with Gasteiger partial charge in [-0.1, -0.05) is 23.1 Å². The first kappa shape index (κ1) is 12.6. The highest BCUT2D eigenvalue weighted by atomic mass is 32.2. The molecular formula is C8H13N5O2S2. The SMILES string of the molecule is NNC(=O)C1CCC(CSc2nnc(N)s2)O1. The molecule has 0 bridgehead atoms. The number of thioether (sulfide) groups is 1. The molecule has 0 aliphatic carbocycles. The van der Waals surface area contributed by atoms with Gasteiger partial charge in [-0.25, -0.2) is 5.84 Å². The van der Waals surface area contributed by atoms with E-state index >= 15 is 0 Å². The molecule has 1 amide bonds. The smallest absolute Gasteiger partial charge is 0.263 e. The van der Waals surface area contributed by atoms with Crippen LogP contribution in [-0.4, -0.2) is 34.1 Å². The van der Waals surface area contributed by atoms with Crippen molar-refractivity contribution in [2.75, 3.05) is 11.5 Å². The zero-order chi connectivity index (χ0) is 12.3. The van der Waals surface area contributed by atoms with E-state index < -0.39 is 6.10 Å². The average molecular weight is 275 g/mol. The maximum atomic E-state index is 11.2. The lowest BCUT2D eigenvalue weighted by Crippen LogP contribution is -2.39. The third-order valence-corrected chi connectivity index (χ3v) is 4.37. The molecule has 94 valence electrons. The monoisotopic (exact) mass is 275 g/mol. The summed E-state index contributed by atoms with van der Waals surface area (Å²) in [7, 11) is 0. The molecule has 17 heavy (non-hydrogen) atoms. The van der Waals surface area contributed by atoms with Crippen molar-refractivity contribution < 1.29 is 9.53 Å². The fraction of sp³-hybridized carbons (Fsp3) is 0.625. The summed E-state index contributed by atoms with van der Waals surface area (Å²) in [4.78, 5) is 11.2. The van der Waals surface area contributed by atoms with Gasteiger partial charge < -0.3 is 10.5 Å². The number of nitrogens with two attached hydrogens (primary N) is 2. The Bertz CT molecular complexity index is 399. The van der Waals surface area contributed by atoms with Crippen LogP contribution < -0.4 is 17.0 Å². The summed E-state index contributed by atoms with van der Waals surface area (Å²) in [6, 6.07) is 0.